The zero-order valence-electron chi connectivity index (χ0n) is 26.5. The van der Waals surface area contributed by atoms with Crippen molar-refractivity contribution in [2.45, 2.75) is 116 Å². The maximum atomic E-state index is 12.2. The number of aliphatic carboxylic acids is 2. The largest absolute Gasteiger partial charge is 0.480 e. The molecule has 8 nitrogen and oxygen atoms in total. The Morgan fingerprint density at radius 1 is 0.705 bits per heavy atom. The highest BCUT2D eigenvalue weighted by atomic mass is 32.2. The summed E-state index contributed by atoms with van der Waals surface area (Å²) >= 11 is 1.42. The second-order valence-electron chi connectivity index (χ2n) is 8.00. The first-order valence-corrected chi connectivity index (χ1v) is 16.6. The van der Waals surface area contributed by atoms with Gasteiger partial charge in [0.2, 0.25) is 0 Å². The maximum Gasteiger partial charge on any atom is 0.322 e. The first-order valence-electron chi connectivity index (χ1n) is 14.1. The van der Waals surface area contributed by atoms with Crippen LogP contribution in [0.5, 0.6) is 0 Å². The van der Waals surface area contributed by atoms with Crippen molar-refractivity contribution in [3.05, 3.63) is 48.5 Å². The van der Waals surface area contributed by atoms with Crippen LogP contribution in [-0.2, 0) is 19.4 Å². The van der Waals surface area contributed by atoms with E-state index in [9.17, 15) is 18.0 Å². The van der Waals surface area contributed by atoms with E-state index in [2.05, 4.69) is 10.6 Å². The summed E-state index contributed by atoms with van der Waals surface area (Å²) in [5, 5.41) is 22.7. The summed E-state index contributed by atoms with van der Waals surface area (Å²) in [5.74, 6) is -2.02. The molecule has 0 aromatic heterocycles. The topological polar surface area (TPSA) is 133 Å². The Balaban J connectivity index is -0.000000137. The monoisotopic (exact) mass is 652 g/mol. The second-order valence-corrected chi connectivity index (χ2v) is 11.4. The van der Waals surface area contributed by atoms with E-state index >= 15 is 0 Å². The number of carboxylic acids is 2. The normalized spacial score (nSPS) is 10.5. The van der Waals surface area contributed by atoms with Gasteiger partial charge in [-0.05, 0) is 75.2 Å². The van der Waals surface area contributed by atoms with Crippen LogP contribution in [-0.4, -0.2) is 71.0 Å². The standard InChI is InChI=1S/C13H19NO4S.C13H19NO2S.2C2H6.2CH4.2B/c1-3-5-12(13(15)16)19(17,18)11-8-6-10(7-9-11)14-4-2;1-3-5-12(13(15)16)17-11-8-6-10(7-9-11)14-4-2;2*1-2;;;;/h6-9,12,14H,3-5H2,1-2H3,(H,15,16);6-9,12,14H,3-5H2,1-2H3,(H,15,16);2*1-2H3;2*1H4;;. The zero-order chi connectivity index (χ0) is 31.1. The molecule has 0 bridgehead atoms. The number of carboxylic acid groups (broad SMARTS) is 2. The number of rotatable bonds is 14. The molecule has 0 saturated carbocycles. The van der Waals surface area contributed by atoms with Crippen LogP contribution < -0.4 is 10.6 Å². The SMILES string of the molecule is C.C.CC.CC.CCCC(C(=O)O)S(=O)(=O)c1ccc(NCC)cc1.CCCC(Sc1ccc(NCC)cc1)C(=O)O.[B].[B]. The lowest BCUT2D eigenvalue weighted by molar-refractivity contribution is -0.137. The van der Waals surface area contributed by atoms with E-state index in [1.54, 1.807) is 19.1 Å². The minimum absolute atomic E-state index is 0. The highest BCUT2D eigenvalue weighted by Gasteiger charge is 2.33. The fourth-order valence-corrected chi connectivity index (χ4v) is 6.05. The predicted molar refractivity (Wildman–Crippen MR) is 195 cm³/mol. The zero-order valence-corrected chi connectivity index (χ0v) is 28.1. The summed E-state index contributed by atoms with van der Waals surface area (Å²) in [6.07, 6.45) is 2.21. The molecule has 0 heterocycles. The van der Waals surface area contributed by atoms with Gasteiger partial charge < -0.3 is 20.8 Å². The summed E-state index contributed by atoms with van der Waals surface area (Å²) in [5.41, 5.74) is 1.88. The average Bonchev–Trinajstić information content (AvgIpc) is 2.95. The molecule has 0 fully saturated rings. The predicted octanol–water partition coefficient (Wildman–Crippen LogP) is 8.17. The van der Waals surface area contributed by atoms with E-state index in [0.29, 0.717) is 12.8 Å². The van der Waals surface area contributed by atoms with E-state index in [-0.39, 0.29) is 48.2 Å². The van der Waals surface area contributed by atoms with Crippen molar-refractivity contribution in [2.24, 2.45) is 0 Å². The summed E-state index contributed by atoms with van der Waals surface area (Å²) in [6.45, 7) is 17.4. The van der Waals surface area contributed by atoms with Crippen molar-refractivity contribution in [2.75, 3.05) is 23.7 Å². The summed E-state index contributed by atoms with van der Waals surface area (Å²) in [6, 6.07) is 14.1. The van der Waals surface area contributed by atoms with E-state index in [4.69, 9.17) is 10.2 Å². The molecule has 2 rings (SSSR count). The molecule has 2 unspecified atom stereocenters. The van der Waals surface area contributed by atoms with Gasteiger partial charge in [0.15, 0.2) is 15.1 Å². The molecular formula is C32H58B2N2O6S2. The van der Waals surface area contributed by atoms with Crippen molar-refractivity contribution >= 4 is 61.7 Å². The van der Waals surface area contributed by atoms with Gasteiger partial charge >= 0.3 is 11.9 Å². The molecule has 250 valence electrons. The second kappa shape index (κ2) is 31.8. The van der Waals surface area contributed by atoms with E-state index < -0.39 is 27.0 Å². The van der Waals surface area contributed by atoms with Crippen molar-refractivity contribution in [1.82, 2.24) is 0 Å². The van der Waals surface area contributed by atoms with E-state index in [1.165, 1.54) is 23.9 Å². The molecule has 0 aliphatic carbocycles. The van der Waals surface area contributed by atoms with Gasteiger partial charge in [-0.1, -0.05) is 69.2 Å². The maximum absolute atomic E-state index is 12.2. The first kappa shape index (κ1) is 53.9. The number of hydrogen-bond donors (Lipinski definition) is 4. The van der Waals surface area contributed by atoms with Crippen molar-refractivity contribution < 1.29 is 28.2 Å². The van der Waals surface area contributed by atoms with Gasteiger partial charge in [-0.3, -0.25) is 9.59 Å². The molecule has 44 heavy (non-hydrogen) atoms. The Kier molecular flexibility index (Phi) is 39.0. The third-order valence-corrected chi connectivity index (χ3v) is 8.49. The molecule has 0 aliphatic rings. The van der Waals surface area contributed by atoms with Crippen molar-refractivity contribution in [3.63, 3.8) is 0 Å². The average molecular weight is 653 g/mol. The number of carbonyl (C=O) groups is 2. The van der Waals surface area contributed by atoms with Crippen LogP contribution in [0.3, 0.4) is 0 Å². The number of anilines is 2. The molecular weight excluding hydrogens is 594 g/mol. The van der Waals surface area contributed by atoms with Crippen LogP contribution in [0.4, 0.5) is 11.4 Å². The van der Waals surface area contributed by atoms with Crippen LogP contribution in [0.1, 0.15) is 95.9 Å². The van der Waals surface area contributed by atoms with Crippen molar-refractivity contribution in [1.29, 1.82) is 0 Å². The molecule has 4 N–H and O–H groups in total. The highest BCUT2D eigenvalue weighted by molar-refractivity contribution is 8.00. The Hall–Kier alpha value is -2.59. The Morgan fingerprint density at radius 3 is 1.41 bits per heavy atom. The summed E-state index contributed by atoms with van der Waals surface area (Å²) in [7, 11) is -3.82. The van der Waals surface area contributed by atoms with E-state index in [1.807, 2.05) is 72.7 Å². The highest BCUT2D eigenvalue weighted by Crippen LogP contribution is 2.27. The summed E-state index contributed by atoms with van der Waals surface area (Å²) < 4.78 is 24.5. The molecule has 6 radical (unpaired) electrons. The molecule has 0 aliphatic heterocycles. The van der Waals surface area contributed by atoms with Gasteiger partial charge in [-0.25, -0.2) is 8.42 Å². The molecule has 2 aromatic rings. The Bertz CT molecular complexity index is 1060. The summed E-state index contributed by atoms with van der Waals surface area (Å²) in [4.78, 5) is 23.2. The lowest BCUT2D eigenvalue weighted by Crippen LogP contribution is -2.30. The van der Waals surface area contributed by atoms with Gasteiger partial charge in [0.1, 0.15) is 5.25 Å². The fourth-order valence-electron chi connectivity index (χ4n) is 3.32. The van der Waals surface area contributed by atoms with Crippen LogP contribution in [0.25, 0.3) is 0 Å². The van der Waals surface area contributed by atoms with Gasteiger partial charge in [-0.15, -0.1) is 11.8 Å². The van der Waals surface area contributed by atoms with Crippen LogP contribution in [0.15, 0.2) is 58.3 Å². The van der Waals surface area contributed by atoms with Crippen LogP contribution in [0, 0.1) is 0 Å². The van der Waals surface area contributed by atoms with Gasteiger partial charge in [0.05, 0.1) is 4.90 Å². The first-order chi connectivity index (χ1) is 19.1. The molecule has 0 amide bonds. The van der Waals surface area contributed by atoms with E-state index in [0.717, 1.165) is 35.8 Å². The van der Waals surface area contributed by atoms with Crippen LogP contribution >= 0.6 is 11.8 Å². The number of sulfone groups is 1. The lowest BCUT2D eigenvalue weighted by atomic mass is 10.2. The van der Waals surface area contributed by atoms with Gasteiger partial charge in [0.25, 0.3) is 0 Å². The molecule has 0 saturated heterocycles. The molecule has 2 atom stereocenters. The van der Waals surface area contributed by atoms with Crippen molar-refractivity contribution in [3.8, 4) is 0 Å². The minimum atomic E-state index is -3.82. The Morgan fingerprint density at radius 2 is 1.09 bits per heavy atom. The fraction of sp³-hybridized carbons (Fsp3) is 0.562. The lowest BCUT2D eigenvalue weighted by Gasteiger charge is -2.13. The molecule has 0 spiro atoms. The Labute approximate surface area is 277 Å². The quantitative estimate of drug-likeness (QED) is 0.118. The van der Waals surface area contributed by atoms with Gasteiger partial charge in [-0.2, -0.15) is 0 Å². The number of hydrogen-bond acceptors (Lipinski definition) is 7. The molecule has 2 aromatic carbocycles. The minimum Gasteiger partial charge on any atom is -0.480 e. The number of thioether (sulfide) groups is 1. The number of benzene rings is 2. The molecule has 12 heteroatoms. The smallest absolute Gasteiger partial charge is 0.322 e. The van der Waals surface area contributed by atoms with Gasteiger partial charge in [0, 0.05) is 46.2 Å². The third-order valence-electron chi connectivity index (χ3n) is 5.10. The number of nitrogens with one attached hydrogen (secondary N) is 2. The van der Waals surface area contributed by atoms with Crippen LogP contribution in [0.2, 0.25) is 0 Å². The third kappa shape index (κ3) is 20.4.